The van der Waals surface area contributed by atoms with E-state index >= 15 is 0 Å². The summed E-state index contributed by atoms with van der Waals surface area (Å²) < 4.78 is 1.85. The van der Waals surface area contributed by atoms with Crippen molar-refractivity contribution in [2.24, 2.45) is 13.0 Å². The van der Waals surface area contributed by atoms with Gasteiger partial charge in [-0.1, -0.05) is 13.3 Å². The van der Waals surface area contributed by atoms with E-state index < -0.39 is 5.97 Å². The number of hydrogen-bond acceptors (Lipinski definition) is 3. The quantitative estimate of drug-likeness (QED) is 0.902. The third-order valence-corrected chi connectivity index (χ3v) is 4.15. The summed E-state index contributed by atoms with van der Waals surface area (Å²) in [5.41, 5.74) is 2.06. The van der Waals surface area contributed by atoms with Crippen molar-refractivity contribution in [3.63, 3.8) is 0 Å². The van der Waals surface area contributed by atoms with Gasteiger partial charge in [-0.3, -0.25) is 14.4 Å². The molecular formula is C14H23N3O2. The number of aryl methyl sites for hydroxylation is 2. The molecule has 0 aliphatic carbocycles. The van der Waals surface area contributed by atoms with Crippen LogP contribution in [0.5, 0.6) is 0 Å². The number of rotatable bonds is 4. The second kappa shape index (κ2) is 5.74. The number of aromatic nitrogens is 2. The summed E-state index contributed by atoms with van der Waals surface area (Å²) in [7, 11) is 1.91. The highest BCUT2D eigenvalue weighted by Crippen LogP contribution is 2.26. The van der Waals surface area contributed by atoms with Crippen LogP contribution in [0.3, 0.4) is 0 Å². The predicted octanol–water partition coefficient (Wildman–Crippen LogP) is 1.80. The lowest BCUT2D eigenvalue weighted by molar-refractivity contribution is -0.145. The fourth-order valence-corrected chi connectivity index (χ4v) is 2.92. The van der Waals surface area contributed by atoms with Crippen LogP contribution in [0.1, 0.15) is 37.6 Å². The van der Waals surface area contributed by atoms with E-state index in [2.05, 4.69) is 16.9 Å². The van der Waals surface area contributed by atoms with Crippen molar-refractivity contribution in [2.45, 2.75) is 45.7 Å². The van der Waals surface area contributed by atoms with Crippen LogP contribution in [0.4, 0.5) is 0 Å². The summed E-state index contributed by atoms with van der Waals surface area (Å²) in [5.74, 6) is -0.150. The smallest absolute Gasteiger partial charge is 0.320 e. The van der Waals surface area contributed by atoms with E-state index in [1.165, 1.54) is 0 Å². The second-order valence-electron chi connectivity index (χ2n) is 5.52. The summed E-state index contributed by atoms with van der Waals surface area (Å²) in [6, 6.07) is 1.68. The van der Waals surface area contributed by atoms with Crippen molar-refractivity contribution in [1.29, 1.82) is 0 Å². The van der Waals surface area contributed by atoms with Crippen molar-refractivity contribution in [3.05, 3.63) is 17.5 Å². The van der Waals surface area contributed by atoms with Gasteiger partial charge in [0, 0.05) is 13.6 Å². The minimum absolute atomic E-state index is 0.353. The first kappa shape index (κ1) is 14.1. The SMILES string of the molecule is CCC1CCN(Cc2cc(C)nn2C)C(C(=O)O)C1. The molecule has 5 nitrogen and oxygen atoms in total. The summed E-state index contributed by atoms with van der Waals surface area (Å²) in [6.45, 7) is 5.63. The average molecular weight is 265 g/mol. The number of aliphatic carboxylic acids is 1. The molecule has 1 aromatic heterocycles. The molecule has 1 fully saturated rings. The first-order chi connectivity index (χ1) is 9.01. The van der Waals surface area contributed by atoms with Crippen LogP contribution in [0.2, 0.25) is 0 Å². The maximum absolute atomic E-state index is 11.4. The van der Waals surface area contributed by atoms with E-state index in [1.54, 1.807) is 0 Å². The topological polar surface area (TPSA) is 58.4 Å². The maximum atomic E-state index is 11.4. The van der Waals surface area contributed by atoms with Gasteiger partial charge in [0.15, 0.2) is 0 Å². The number of carboxylic acid groups (broad SMARTS) is 1. The molecule has 2 atom stereocenters. The van der Waals surface area contributed by atoms with Gasteiger partial charge in [0.2, 0.25) is 0 Å². The van der Waals surface area contributed by atoms with Gasteiger partial charge >= 0.3 is 5.97 Å². The van der Waals surface area contributed by atoms with E-state index in [0.717, 1.165) is 37.2 Å². The van der Waals surface area contributed by atoms with Gasteiger partial charge in [-0.05, 0) is 38.3 Å². The molecule has 5 heteroatoms. The van der Waals surface area contributed by atoms with Crippen molar-refractivity contribution >= 4 is 5.97 Å². The summed E-state index contributed by atoms with van der Waals surface area (Å²) in [6.07, 6.45) is 2.93. The van der Waals surface area contributed by atoms with Crippen LogP contribution in [-0.2, 0) is 18.4 Å². The Labute approximate surface area is 114 Å². The Hall–Kier alpha value is -1.36. The molecule has 0 spiro atoms. The molecule has 1 aliphatic heterocycles. The largest absolute Gasteiger partial charge is 0.480 e. The molecule has 0 amide bonds. The molecule has 0 saturated carbocycles. The van der Waals surface area contributed by atoms with Crippen molar-refractivity contribution < 1.29 is 9.90 Å². The van der Waals surface area contributed by atoms with Crippen LogP contribution in [-0.4, -0.2) is 38.3 Å². The zero-order valence-electron chi connectivity index (χ0n) is 12.0. The molecule has 1 aliphatic rings. The molecule has 1 aromatic rings. The number of nitrogens with zero attached hydrogens (tertiary/aromatic N) is 3. The Kier molecular flexibility index (Phi) is 4.24. The van der Waals surface area contributed by atoms with Crippen LogP contribution in [0.25, 0.3) is 0 Å². The first-order valence-corrected chi connectivity index (χ1v) is 6.97. The Balaban J connectivity index is 2.10. The van der Waals surface area contributed by atoms with Crippen LogP contribution in [0.15, 0.2) is 6.07 Å². The highest BCUT2D eigenvalue weighted by molar-refractivity contribution is 5.73. The standard InChI is InChI=1S/C14H23N3O2/c1-4-11-5-6-17(13(8-11)14(18)19)9-12-7-10(2)15-16(12)3/h7,11,13H,4-6,8-9H2,1-3H3,(H,18,19). The molecular weight excluding hydrogens is 242 g/mol. The van der Waals surface area contributed by atoms with Crippen molar-refractivity contribution in [2.75, 3.05) is 6.54 Å². The second-order valence-corrected chi connectivity index (χ2v) is 5.52. The Morgan fingerprint density at radius 2 is 2.32 bits per heavy atom. The average Bonchev–Trinajstić information content (AvgIpc) is 2.68. The lowest BCUT2D eigenvalue weighted by atomic mass is 9.89. The van der Waals surface area contributed by atoms with E-state index in [4.69, 9.17) is 0 Å². The number of piperidine rings is 1. The van der Waals surface area contributed by atoms with Gasteiger partial charge in [0.1, 0.15) is 6.04 Å². The van der Waals surface area contributed by atoms with Crippen molar-refractivity contribution in [1.82, 2.24) is 14.7 Å². The zero-order chi connectivity index (χ0) is 14.0. The van der Waals surface area contributed by atoms with E-state index in [-0.39, 0.29) is 6.04 Å². The van der Waals surface area contributed by atoms with Gasteiger partial charge in [-0.25, -0.2) is 0 Å². The van der Waals surface area contributed by atoms with Gasteiger partial charge in [-0.15, -0.1) is 0 Å². The number of likely N-dealkylation sites (tertiary alicyclic amines) is 1. The van der Waals surface area contributed by atoms with Crippen LogP contribution < -0.4 is 0 Å². The third kappa shape index (κ3) is 3.15. The lowest BCUT2D eigenvalue weighted by Crippen LogP contribution is -2.46. The Morgan fingerprint density at radius 1 is 1.58 bits per heavy atom. The monoisotopic (exact) mass is 265 g/mol. The minimum atomic E-state index is -0.697. The highest BCUT2D eigenvalue weighted by Gasteiger charge is 2.32. The molecule has 1 saturated heterocycles. The Bertz CT molecular complexity index is 456. The molecule has 19 heavy (non-hydrogen) atoms. The molecule has 2 heterocycles. The molecule has 2 rings (SSSR count). The predicted molar refractivity (Wildman–Crippen MR) is 72.8 cm³/mol. The van der Waals surface area contributed by atoms with E-state index in [0.29, 0.717) is 12.5 Å². The van der Waals surface area contributed by atoms with Crippen molar-refractivity contribution in [3.8, 4) is 0 Å². The lowest BCUT2D eigenvalue weighted by Gasteiger charge is -2.36. The summed E-state index contributed by atoms with van der Waals surface area (Å²) in [4.78, 5) is 13.5. The molecule has 106 valence electrons. The van der Waals surface area contributed by atoms with E-state index in [1.807, 2.05) is 24.7 Å². The molecule has 1 N–H and O–H groups in total. The zero-order valence-corrected chi connectivity index (χ0v) is 12.0. The molecule has 2 unspecified atom stereocenters. The number of hydrogen-bond donors (Lipinski definition) is 1. The normalized spacial score (nSPS) is 24.6. The fourth-order valence-electron chi connectivity index (χ4n) is 2.92. The van der Waals surface area contributed by atoms with Crippen LogP contribution >= 0.6 is 0 Å². The number of carbonyl (C=O) groups is 1. The molecule has 0 radical (unpaired) electrons. The van der Waals surface area contributed by atoms with Gasteiger partial charge in [0.05, 0.1) is 11.4 Å². The summed E-state index contributed by atoms with van der Waals surface area (Å²) in [5, 5.41) is 13.7. The minimum Gasteiger partial charge on any atom is -0.480 e. The summed E-state index contributed by atoms with van der Waals surface area (Å²) >= 11 is 0. The highest BCUT2D eigenvalue weighted by atomic mass is 16.4. The van der Waals surface area contributed by atoms with Gasteiger partial charge < -0.3 is 5.11 Å². The number of carboxylic acids is 1. The maximum Gasteiger partial charge on any atom is 0.320 e. The fraction of sp³-hybridized carbons (Fsp3) is 0.714. The van der Waals surface area contributed by atoms with Gasteiger partial charge in [0.25, 0.3) is 0 Å². The van der Waals surface area contributed by atoms with E-state index in [9.17, 15) is 9.90 Å². The molecule has 0 bridgehead atoms. The third-order valence-electron chi connectivity index (χ3n) is 4.15. The Morgan fingerprint density at radius 3 is 2.84 bits per heavy atom. The van der Waals surface area contributed by atoms with Crippen LogP contribution in [0, 0.1) is 12.8 Å². The molecule has 0 aromatic carbocycles. The first-order valence-electron chi connectivity index (χ1n) is 6.97. The van der Waals surface area contributed by atoms with Gasteiger partial charge in [-0.2, -0.15) is 5.10 Å².